The van der Waals surface area contributed by atoms with Crippen molar-refractivity contribution in [3.63, 3.8) is 0 Å². The van der Waals surface area contributed by atoms with Crippen molar-refractivity contribution in [2.75, 3.05) is 54.1 Å². The molecule has 0 bridgehead atoms. The number of unbranched alkanes of at least 4 members (excludes halogenated alkanes) is 27. The van der Waals surface area contributed by atoms with Gasteiger partial charge in [0, 0.05) is 13.0 Å². The Morgan fingerprint density at radius 1 is 0.464 bits per heavy atom. The summed E-state index contributed by atoms with van der Waals surface area (Å²) in [6.45, 7) is 5.24. The average molecular weight is 989 g/mol. The van der Waals surface area contributed by atoms with Gasteiger partial charge in [-0.3, -0.25) is 9.36 Å². The van der Waals surface area contributed by atoms with Crippen LogP contribution in [-0.2, 0) is 27.9 Å². The van der Waals surface area contributed by atoms with E-state index in [0.717, 1.165) is 83.5 Å². The molecule has 0 N–H and O–H groups in total. The molecule has 0 aliphatic rings. The third-order valence-corrected chi connectivity index (χ3v) is 13.2. The maximum absolute atomic E-state index is 12.8. The van der Waals surface area contributed by atoms with Gasteiger partial charge in [0.05, 0.1) is 34.4 Å². The number of hydrogen-bond donors (Lipinski definition) is 0. The number of allylic oxidation sites excluding steroid dienone is 12. The molecule has 2 unspecified atom stereocenters. The highest BCUT2D eigenvalue weighted by Gasteiger charge is 2.20. The minimum atomic E-state index is -4.55. The quantitative estimate of drug-likeness (QED) is 0.0197. The van der Waals surface area contributed by atoms with E-state index in [1.54, 1.807) is 0 Å². The minimum Gasteiger partial charge on any atom is -0.756 e. The summed E-state index contributed by atoms with van der Waals surface area (Å²) in [5.74, 6) is -0.343. The summed E-state index contributed by atoms with van der Waals surface area (Å²) < 4.78 is 34.8. The van der Waals surface area contributed by atoms with E-state index in [0.29, 0.717) is 24.1 Å². The van der Waals surface area contributed by atoms with Crippen LogP contribution in [0.4, 0.5) is 0 Å². The summed E-state index contributed by atoms with van der Waals surface area (Å²) in [4.78, 5) is 25.3. The highest BCUT2D eigenvalue weighted by atomic mass is 31.2. The molecular weight excluding hydrogens is 878 g/mol. The molecule has 402 valence electrons. The molecule has 0 aromatic carbocycles. The van der Waals surface area contributed by atoms with Crippen LogP contribution < -0.4 is 4.89 Å². The Kier molecular flexibility index (Phi) is 50.7. The van der Waals surface area contributed by atoms with Crippen LogP contribution in [0.3, 0.4) is 0 Å². The van der Waals surface area contributed by atoms with E-state index in [1.165, 1.54) is 141 Å². The molecule has 2 atom stereocenters. The fourth-order valence-corrected chi connectivity index (χ4v) is 8.63. The maximum atomic E-state index is 12.8. The zero-order chi connectivity index (χ0) is 50.5. The van der Waals surface area contributed by atoms with Crippen LogP contribution >= 0.6 is 7.82 Å². The smallest absolute Gasteiger partial charge is 0.306 e. The Hall–Kier alpha value is -2.06. The van der Waals surface area contributed by atoms with Crippen molar-refractivity contribution < 1.29 is 37.3 Å². The summed E-state index contributed by atoms with van der Waals surface area (Å²) in [7, 11) is 1.33. The molecule has 9 heteroatoms. The van der Waals surface area contributed by atoms with Gasteiger partial charge in [-0.25, -0.2) is 0 Å². The number of rotatable bonds is 53. The van der Waals surface area contributed by atoms with Crippen LogP contribution in [0.1, 0.15) is 245 Å². The first-order valence-electron chi connectivity index (χ1n) is 28.7. The number of nitrogens with zero attached hydrogens (tertiary/aromatic N) is 1. The van der Waals surface area contributed by atoms with Gasteiger partial charge < -0.3 is 27.9 Å². The van der Waals surface area contributed by atoms with Gasteiger partial charge >= 0.3 is 5.97 Å². The predicted octanol–water partition coefficient (Wildman–Crippen LogP) is 17.5. The number of phosphoric ester groups is 1. The summed E-state index contributed by atoms with van der Waals surface area (Å²) >= 11 is 0. The fraction of sp³-hybridized carbons (Fsp3) is 0.783. The first kappa shape index (κ1) is 66.9. The number of likely N-dealkylation sites (N-methyl/N-ethyl adjacent to an activating group) is 1. The lowest BCUT2D eigenvalue weighted by atomic mass is 10.0. The second-order valence-electron chi connectivity index (χ2n) is 20.3. The number of carbonyl (C=O) groups excluding carboxylic acids is 1. The Morgan fingerprint density at radius 3 is 1.25 bits per heavy atom. The van der Waals surface area contributed by atoms with E-state index in [4.69, 9.17) is 18.5 Å². The van der Waals surface area contributed by atoms with E-state index < -0.39 is 13.9 Å². The summed E-state index contributed by atoms with van der Waals surface area (Å²) in [6, 6.07) is 0. The SMILES string of the molecule is CC/C=C\C/C=C\C/C=C\C/C=C\C/C=C\C/C=C\CCCCCOCC(COP(=O)([O-])OCC[N+](C)(C)C)OC(=O)CCCCCCCCCCCCCCCCCCCCCCCCCCC. The Labute approximate surface area is 427 Å². The molecule has 0 saturated carbocycles. The van der Waals surface area contributed by atoms with Gasteiger partial charge in [-0.2, -0.15) is 0 Å². The molecule has 0 aliphatic carbocycles. The van der Waals surface area contributed by atoms with Crippen LogP contribution in [0.15, 0.2) is 72.9 Å². The van der Waals surface area contributed by atoms with Crippen LogP contribution in [0.25, 0.3) is 0 Å². The van der Waals surface area contributed by atoms with E-state index in [-0.39, 0.29) is 25.8 Å². The van der Waals surface area contributed by atoms with Crippen molar-refractivity contribution in [2.24, 2.45) is 0 Å². The molecule has 0 saturated heterocycles. The van der Waals surface area contributed by atoms with Crippen molar-refractivity contribution in [1.29, 1.82) is 0 Å². The first-order valence-corrected chi connectivity index (χ1v) is 30.1. The zero-order valence-electron chi connectivity index (χ0n) is 45.7. The maximum Gasteiger partial charge on any atom is 0.306 e. The second kappa shape index (κ2) is 52.3. The van der Waals surface area contributed by atoms with Gasteiger partial charge in [0.15, 0.2) is 0 Å². The molecule has 0 heterocycles. The third kappa shape index (κ3) is 56.7. The van der Waals surface area contributed by atoms with Gasteiger partial charge in [-0.15, -0.1) is 0 Å². The highest BCUT2D eigenvalue weighted by molar-refractivity contribution is 7.45. The zero-order valence-corrected chi connectivity index (χ0v) is 46.6. The fourth-order valence-electron chi connectivity index (χ4n) is 7.91. The van der Waals surface area contributed by atoms with Crippen molar-refractivity contribution in [3.8, 4) is 0 Å². The molecule has 0 aromatic rings. The monoisotopic (exact) mass is 988 g/mol. The molecule has 0 radical (unpaired) electrons. The molecular formula is C60H110NO7P. The summed E-state index contributed by atoms with van der Waals surface area (Å²) in [5, 5.41) is 0. The lowest BCUT2D eigenvalue weighted by molar-refractivity contribution is -0.870. The van der Waals surface area contributed by atoms with Crippen LogP contribution in [-0.4, -0.2) is 70.7 Å². The number of phosphoric acid groups is 1. The summed E-state index contributed by atoms with van der Waals surface area (Å²) in [6.07, 6.45) is 69.5. The molecule has 0 aromatic heterocycles. The van der Waals surface area contributed by atoms with Crippen LogP contribution in [0, 0.1) is 0 Å². The highest BCUT2D eigenvalue weighted by Crippen LogP contribution is 2.38. The van der Waals surface area contributed by atoms with Crippen molar-refractivity contribution >= 4 is 13.8 Å². The largest absolute Gasteiger partial charge is 0.756 e. The van der Waals surface area contributed by atoms with E-state index in [2.05, 4.69) is 86.8 Å². The van der Waals surface area contributed by atoms with E-state index in [9.17, 15) is 14.3 Å². The van der Waals surface area contributed by atoms with Crippen molar-refractivity contribution in [3.05, 3.63) is 72.9 Å². The topological polar surface area (TPSA) is 94.1 Å². The van der Waals surface area contributed by atoms with E-state index in [1.807, 2.05) is 21.1 Å². The number of ether oxygens (including phenoxy) is 2. The molecule has 0 aliphatic heterocycles. The summed E-state index contributed by atoms with van der Waals surface area (Å²) in [5.41, 5.74) is 0. The number of carbonyl (C=O) groups is 1. The molecule has 0 spiro atoms. The number of quaternary nitrogens is 1. The molecule has 0 amide bonds. The van der Waals surface area contributed by atoms with Crippen molar-refractivity contribution in [2.45, 2.75) is 251 Å². The lowest BCUT2D eigenvalue weighted by Gasteiger charge is -2.28. The number of hydrogen-bond acceptors (Lipinski definition) is 7. The van der Waals surface area contributed by atoms with Gasteiger partial charge in [0.2, 0.25) is 0 Å². The predicted molar refractivity (Wildman–Crippen MR) is 296 cm³/mol. The number of esters is 1. The standard InChI is InChI=1S/C60H110NO7P/c1-6-8-10-12-14-16-18-20-22-24-26-28-30-31-32-33-35-37-39-41-43-45-47-49-51-53-60(62)68-59(58-67-69(63,64)66-56-54-61(3,4)5)57-65-55-52-50-48-46-44-42-40-38-36-34-29-27-25-23-21-19-17-15-13-11-9-7-2/h9,11,15,17,21,23,27,29,36,38,42,44,59H,6-8,10,12-14,16,18-20,22,24-26,28,30-35,37,39-41,43,45-58H2,1-5H3/b11-9-,17-15-,23-21-,29-27-,38-36-,44-42-. The average Bonchev–Trinajstić information content (AvgIpc) is 3.31. The Bertz CT molecular complexity index is 1330. The van der Waals surface area contributed by atoms with Crippen LogP contribution in [0.2, 0.25) is 0 Å². The van der Waals surface area contributed by atoms with Crippen LogP contribution in [0.5, 0.6) is 0 Å². The molecule has 8 nitrogen and oxygen atoms in total. The first-order chi connectivity index (χ1) is 33.6. The molecule has 0 fully saturated rings. The van der Waals surface area contributed by atoms with Gasteiger partial charge in [0.25, 0.3) is 7.82 Å². The van der Waals surface area contributed by atoms with E-state index >= 15 is 0 Å². The van der Waals surface area contributed by atoms with Crippen molar-refractivity contribution in [1.82, 2.24) is 0 Å². The second-order valence-corrected chi connectivity index (χ2v) is 21.7. The minimum absolute atomic E-state index is 0.0173. The third-order valence-electron chi connectivity index (χ3n) is 12.3. The van der Waals surface area contributed by atoms with Gasteiger partial charge in [0.1, 0.15) is 19.3 Å². The van der Waals surface area contributed by atoms with Gasteiger partial charge in [-0.1, -0.05) is 247 Å². The Balaban J connectivity index is 4.13. The molecule has 0 rings (SSSR count). The Morgan fingerprint density at radius 2 is 0.841 bits per heavy atom. The van der Waals surface area contributed by atoms with Gasteiger partial charge in [-0.05, 0) is 64.2 Å². The molecule has 69 heavy (non-hydrogen) atoms. The lowest BCUT2D eigenvalue weighted by Crippen LogP contribution is -2.37. The normalized spacial score (nSPS) is 14.0.